The fraction of sp³-hybridized carbons (Fsp3) is 0.435. The van der Waals surface area contributed by atoms with Gasteiger partial charge in [0, 0.05) is 48.0 Å². The van der Waals surface area contributed by atoms with Crippen LogP contribution in [0.1, 0.15) is 24.9 Å². The summed E-state index contributed by atoms with van der Waals surface area (Å²) in [6, 6.07) is 15.4. The summed E-state index contributed by atoms with van der Waals surface area (Å²) in [6.45, 7) is 6.16. The van der Waals surface area contributed by atoms with Crippen LogP contribution in [0.15, 0.2) is 53.0 Å². The Morgan fingerprint density at radius 3 is 2.45 bits per heavy atom. The van der Waals surface area contributed by atoms with Gasteiger partial charge >= 0.3 is 6.03 Å². The maximum Gasteiger partial charge on any atom is 0.319 e. The average Bonchev–Trinajstić information content (AvgIpc) is 2.76. The number of rotatable bonds is 13. The number of nitrogens with one attached hydrogen (secondary N) is 2. The molecule has 2 amide bonds. The second-order valence-electron chi connectivity index (χ2n) is 7.11. The van der Waals surface area contributed by atoms with E-state index in [-0.39, 0.29) is 12.1 Å². The lowest BCUT2D eigenvalue weighted by Crippen LogP contribution is -2.35. The Morgan fingerprint density at radius 1 is 1.06 bits per heavy atom. The highest BCUT2D eigenvalue weighted by Crippen LogP contribution is 2.22. The summed E-state index contributed by atoms with van der Waals surface area (Å²) in [7, 11) is 1.66. The number of carbonyl (C=O) groups is 1. The lowest BCUT2D eigenvalue weighted by molar-refractivity contribution is 0.0504. The lowest BCUT2D eigenvalue weighted by atomic mass is 10.1. The van der Waals surface area contributed by atoms with Crippen LogP contribution in [0, 0.1) is 0 Å². The van der Waals surface area contributed by atoms with Gasteiger partial charge in [-0.1, -0.05) is 39.7 Å². The van der Waals surface area contributed by atoms with E-state index >= 15 is 0 Å². The topological polar surface area (TPSA) is 62.8 Å². The van der Waals surface area contributed by atoms with Gasteiger partial charge in [-0.05, 0) is 55.3 Å². The maximum atomic E-state index is 12.1. The maximum absolute atomic E-state index is 12.1. The van der Waals surface area contributed by atoms with E-state index in [0.29, 0.717) is 26.4 Å². The highest BCUT2D eigenvalue weighted by atomic mass is 79.9. The molecule has 0 aliphatic heterocycles. The number of anilines is 1. The molecule has 2 aromatic rings. The third-order valence-corrected chi connectivity index (χ3v) is 5.65. The van der Waals surface area contributed by atoms with E-state index < -0.39 is 0 Å². The van der Waals surface area contributed by atoms with Gasteiger partial charge in [-0.15, -0.1) is 0 Å². The fourth-order valence-corrected chi connectivity index (χ4v) is 3.46. The first-order valence-electron chi connectivity index (χ1n) is 10.4. The van der Waals surface area contributed by atoms with Gasteiger partial charge in [0.2, 0.25) is 0 Å². The van der Waals surface area contributed by atoms with Gasteiger partial charge in [-0.2, -0.15) is 0 Å². The molecule has 0 aromatic heterocycles. The molecule has 0 bridgehead atoms. The zero-order valence-electron chi connectivity index (χ0n) is 18.1. The van der Waals surface area contributed by atoms with Crippen molar-refractivity contribution in [3.8, 4) is 0 Å². The molecule has 2 aromatic carbocycles. The molecule has 8 heteroatoms. The summed E-state index contributed by atoms with van der Waals surface area (Å²) < 4.78 is 11.7. The van der Waals surface area contributed by atoms with Gasteiger partial charge in [0.05, 0.1) is 19.8 Å². The van der Waals surface area contributed by atoms with E-state index in [9.17, 15) is 4.79 Å². The smallest absolute Gasteiger partial charge is 0.319 e. The SMILES string of the molecule is COCCOCCN(CCCNC(=O)Nc1ccc(Br)cc1)C(C)c1ccc(Cl)cc1. The number of nitrogens with zero attached hydrogens (tertiary/aromatic N) is 1. The van der Waals surface area contributed by atoms with Crippen molar-refractivity contribution >= 4 is 39.2 Å². The number of carbonyl (C=O) groups excluding carboxylic acids is 1. The predicted molar refractivity (Wildman–Crippen MR) is 130 cm³/mol. The summed E-state index contributed by atoms with van der Waals surface area (Å²) >= 11 is 9.42. The number of methoxy groups -OCH3 is 1. The minimum atomic E-state index is -0.206. The first kappa shape index (κ1) is 25.6. The number of amides is 2. The van der Waals surface area contributed by atoms with Crippen LogP contribution in [-0.2, 0) is 9.47 Å². The first-order valence-corrected chi connectivity index (χ1v) is 11.5. The van der Waals surface area contributed by atoms with Crippen molar-refractivity contribution in [2.45, 2.75) is 19.4 Å². The molecule has 0 saturated heterocycles. The molecule has 0 aliphatic carbocycles. The highest BCUT2D eigenvalue weighted by Gasteiger charge is 2.15. The molecule has 0 fully saturated rings. The van der Waals surface area contributed by atoms with Gasteiger partial charge in [-0.3, -0.25) is 4.90 Å². The largest absolute Gasteiger partial charge is 0.382 e. The summed E-state index contributed by atoms with van der Waals surface area (Å²) in [5.74, 6) is 0. The normalized spacial score (nSPS) is 12.0. The van der Waals surface area contributed by atoms with Gasteiger partial charge in [0.15, 0.2) is 0 Å². The van der Waals surface area contributed by atoms with Crippen LogP contribution in [0.2, 0.25) is 5.02 Å². The molecule has 170 valence electrons. The number of hydrogen-bond acceptors (Lipinski definition) is 4. The number of urea groups is 1. The van der Waals surface area contributed by atoms with Crippen LogP contribution in [0.25, 0.3) is 0 Å². The lowest BCUT2D eigenvalue weighted by Gasteiger charge is -2.29. The van der Waals surface area contributed by atoms with Gasteiger partial charge in [0.1, 0.15) is 0 Å². The molecule has 0 spiro atoms. The zero-order chi connectivity index (χ0) is 22.5. The van der Waals surface area contributed by atoms with Crippen LogP contribution in [0.4, 0.5) is 10.5 Å². The Kier molecular flexibility index (Phi) is 11.9. The molecular formula is C23H31BrClN3O3. The Hall–Kier alpha value is -1.64. The summed E-state index contributed by atoms with van der Waals surface area (Å²) in [5.41, 5.74) is 1.95. The average molecular weight is 513 g/mol. The van der Waals surface area contributed by atoms with E-state index in [1.807, 2.05) is 36.4 Å². The van der Waals surface area contributed by atoms with E-state index in [1.165, 1.54) is 5.56 Å². The van der Waals surface area contributed by atoms with Crippen molar-refractivity contribution in [2.24, 2.45) is 0 Å². The second-order valence-corrected chi connectivity index (χ2v) is 8.46. The molecule has 1 unspecified atom stereocenters. The van der Waals surface area contributed by atoms with Crippen molar-refractivity contribution in [3.05, 3.63) is 63.6 Å². The summed E-state index contributed by atoms with van der Waals surface area (Å²) in [5, 5.41) is 6.48. The third kappa shape index (κ3) is 10.0. The van der Waals surface area contributed by atoms with Crippen molar-refractivity contribution in [2.75, 3.05) is 51.9 Å². The Balaban J connectivity index is 1.81. The van der Waals surface area contributed by atoms with E-state index in [4.69, 9.17) is 21.1 Å². The number of ether oxygens (including phenoxy) is 2. The van der Waals surface area contributed by atoms with Crippen LogP contribution in [-0.4, -0.2) is 57.5 Å². The monoisotopic (exact) mass is 511 g/mol. The molecule has 6 nitrogen and oxygen atoms in total. The van der Waals surface area contributed by atoms with Crippen molar-refractivity contribution in [1.82, 2.24) is 10.2 Å². The first-order chi connectivity index (χ1) is 15.0. The molecule has 2 rings (SSSR count). The Bertz CT molecular complexity index is 775. The molecule has 0 saturated carbocycles. The third-order valence-electron chi connectivity index (χ3n) is 4.86. The van der Waals surface area contributed by atoms with Crippen LogP contribution >= 0.6 is 27.5 Å². The number of benzene rings is 2. The molecule has 1 atom stereocenters. The molecular weight excluding hydrogens is 482 g/mol. The molecule has 0 heterocycles. The van der Waals surface area contributed by atoms with E-state index in [1.54, 1.807) is 7.11 Å². The van der Waals surface area contributed by atoms with Gasteiger partial charge < -0.3 is 20.1 Å². The minimum absolute atomic E-state index is 0.206. The fourth-order valence-electron chi connectivity index (χ4n) is 3.07. The van der Waals surface area contributed by atoms with Crippen LogP contribution in [0.3, 0.4) is 0 Å². The minimum Gasteiger partial charge on any atom is -0.382 e. The Labute approximate surface area is 198 Å². The summed E-state index contributed by atoms with van der Waals surface area (Å²) in [4.78, 5) is 14.5. The Morgan fingerprint density at radius 2 is 1.77 bits per heavy atom. The quantitative estimate of drug-likeness (QED) is 0.356. The van der Waals surface area contributed by atoms with Gasteiger partial charge in [-0.25, -0.2) is 4.79 Å². The van der Waals surface area contributed by atoms with E-state index in [2.05, 4.69) is 50.5 Å². The second kappa shape index (κ2) is 14.4. The van der Waals surface area contributed by atoms with Gasteiger partial charge in [0.25, 0.3) is 0 Å². The van der Waals surface area contributed by atoms with Crippen molar-refractivity contribution in [3.63, 3.8) is 0 Å². The van der Waals surface area contributed by atoms with E-state index in [0.717, 1.165) is 34.7 Å². The zero-order valence-corrected chi connectivity index (χ0v) is 20.4. The molecule has 2 N–H and O–H groups in total. The van der Waals surface area contributed by atoms with Crippen LogP contribution < -0.4 is 10.6 Å². The molecule has 0 aliphatic rings. The molecule has 0 radical (unpaired) electrons. The standard InChI is InChI=1S/C23H31BrClN3O3/c1-18(19-4-8-21(25)9-5-19)28(14-15-31-17-16-30-2)13-3-12-26-23(29)27-22-10-6-20(24)7-11-22/h4-11,18H,3,12-17H2,1-2H3,(H2,26,27,29). The number of halogens is 2. The highest BCUT2D eigenvalue weighted by molar-refractivity contribution is 9.10. The summed E-state index contributed by atoms with van der Waals surface area (Å²) in [6.07, 6.45) is 0.823. The van der Waals surface area contributed by atoms with Crippen molar-refractivity contribution < 1.29 is 14.3 Å². The number of hydrogen-bond donors (Lipinski definition) is 2. The predicted octanol–water partition coefficient (Wildman–Crippen LogP) is 5.34. The van der Waals surface area contributed by atoms with Crippen LogP contribution in [0.5, 0.6) is 0 Å². The van der Waals surface area contributed by atoms with Crippen molar-refractivity contribution in [1.29, 1.82) is 0 Å². The molecule has 31 heavy (non-hydrogen) atoms.